The lowest BCUT2D eigenvalue weighted by Gasteiger charge is -2.33. The van der Waals surface area contributed by atoms with Gasteiger partial charge in [-0.1, -0.05) is 35.5 Å². The Labute approximate surface area is 209 Å². The molecule has 1 unspecified atom stereocenters. The van der Waals surface area contributed by atoms with Gasteiger partial charge in [0.15, 0.2) is 5.58 Å². The average Bonchev–Trinajstić information content (AvgIpc) is 3.67. The van der Waals surface area contributed by atoms with E-state index in [0.29, 0.717) is 17.2 Å². The minimum absolute atomic E-state index is 0.0419. The number of halogens is 1. The number of H-pyrrole nitrogens is 1. The number of carbonyl (C=O) groups is 1. The van der Waals surface area contributed by atoms with Crippen LogP contribution in [0, 0.1) is 5.82 Å². The molecule has 6 rings (SSSR count). The number of likely N-dealkylation sites (tertiary alicyclic amines) is 2. The Kier molecular flexibility index (Phi) is 6.27. The number of nitrogens with zero attached hydrogens (tertiary/aromatic N) is 4. The highest BCUT2D eigenvalue weighted by Gasteiger charge is 2.31. The molecule has 4 aromatic rings. The maximum atomic E-state index is 13.5. The number of fused-ring (bicyclic) bond motifs is 1. The van der Waals surface area contributed by atoms with E-state index in [2.05, 4.69) is 20.3 Å². The van der Waals surface area contributed by atoms with Gasteiger partial charge in [-0.25, -0.2) is 4.39 Å². The Bertz CT molecular complexity index is 1340. The van der Waals surface area contributed by atoms with Crippen molar-refractivity contribution in [2.45, 2.75) is 44.1 Å². The normalized spacial score (nSPS) is 19.4. The standard InChI is InChI=1S/C28H30FN5O2/c29-21-8-9-23-26(17-21)36-32-27(23)20-10-14-33(15-11-20)16-12-22-7-4-13-34(22)28(35)25-18-24(30-31-25)19-5-2-1-3-6-19/h1-3,5-6,8-9,17-18,20,22H,4,7,10-16H2,(H,30,31). The molecular weight excluding hydrogens is 457 g/mol. The minimum Gasteiger partial charge on any atom is -0.356 e. The summed E-state index contributed by atoms with van der Waals surface area (Å²) in [6.45, 7) is 3.75. The highest BCUT2D eigenvalue weighted by Crippen LogP contribution is 2.33. The summed E-state index contributed by atoms with van der Waals surface area (Å²) in [4.78, 5) is 17.8. The van der Waals surface area contributed by atoms with Crippen molar-refractivity contribution in [3.63, 3.8) is 0 Å². The molecule has 2 aliphatic rings. The molecule has 36 heavy (non-hydrogen) atoms. The van der Waals surface area contributed by atoms with Crippen LogP contribution in [0.3, 0.4) is 0 Å². The van der Waals surface area contributed by atoms with Crippen LogP contribution in [-0.4, -0.2) is 63.3 Å². The van der Waals surface area contributed by atoms with Gasteiger partial charge in [-0.05, 0) is 63.4 Å². The Morgan fingerprint density at radius 1 is 1.06 bits per heavy atom. The van der Waals surface area contributed by atoms with E-state index in [1.54, 1.807) is 6.07 Å². The number of aromatic amines is 1. The Morgan fingerprint density at radius 2 is 1.89 bits per heavy atom. The fourth-order valence-electron chi connectivity index (χ4n) is 5.73. The van der Waals surface area contributed by atoms with E-state index in [1.807, 2.05) is 41.3 Å². The molecule has 2 aliphatic heterocycles. The first-order valence-electron chi connectivity index (χ1n) is 12.8. The smallest absolute Gasteiger partial charge is 0.272 e. The largest absolute Gasteiger partial charge is 0.356 e. The topological polar surface area (TPSA) is 78.3 Å². The van der Waals surface area contributed by atoms with Gasteiger partial charge >= 0.3 is 0 Å². The van der Waals surface area contributed by atoms with E-state index in [0.717, 1.165) is 80.6 Å². The van der Waals surface area contributed by atoms with E-state index in [4.69, 9.17) is 4.52 Å². The maximum absolute atomic E-state index is 13.5. The van der Waals surface area contributed by atoms with Crippen LogP contribution in [0.2, 0.25) is 0 Å². The predicted octanol–water partition coefficient (Wildman–Crippen LogP) is 5.23. The lowest BCUT2D eigenvalue weighted by atomic mass is 9.91. The zero-order valence-corrected chi connectivity index (χ0v) is 20.2. The maximum Gasteiger partial charge on any atom is 0.272 e. The fourth-order valence-corrected chi connectivity index (χ4v) is 5.73. The van der Waals surface area contributed by atoms with Gasteiger partial charge in [0.25, 0.3) is 5.91 Å². The third-order valence-corrected chi connectivity index (χ3v) is 7.73. The second-order valence-electron chi connectivity index (χ2n) is 9.94. The summed E-state index contributed by atoms with van der Waals surface area (Å²) < 4.78 is 18.8. The summed E-state index contributed by atoms with van der Waals surface area (Å²) in [5, 5.41) is 12.5. The fraction of sp³-hybridized carbons (Fsp3) is 0.393. The van der Waals surface area contributed by atoms with Gasteiger partial charge < -0.3 is 14.3 Å². The summed E-state index contributed by atoms with van der Waals surface area (Å²) in [5.74, 6) is 0.0700. The first-order chi connectivity index (χ1) is 17.7. The molecule has 0 saturated carbocycles. The summed E-state index contributed by atoms with van der Waals surface area (Å²) in [5.41, 5.74) is 3.82. The number of hydrogen-bond donors (Lipinski definition) is 1. The van der Waals surface area contributed by atoms with Crippen molar-refractivity contribution < 1.29 is 13.7 Å². The molecule has 2 aromatic heterocycles. The number of aromatic nitrogens is 3. The number of rotatable bonds is 6. The van der Waals surface area contributed by atoms with Crippen molar-refractivity contribution in [1.29, 1.82) is 0 Å². The van der Waals surface area contributed by atoms with Gasteiger partial charge in [-0.3, -0.25) is 9.89 Å². The summed E-state index contributed by atoms with van der Waals surface area (Å²) in [6.07, 6.45) is 5.06. The second-order valence-corrected chi connectivity index (χ2v) is 9.94. The highest BCUT2D eigenvalue weighted by atomic mass is 19.1. The van der Waals surface area contributed by atoms with Crippen molar-refractivity contribution in [2.24, 2.45) is 0 Å². The predicted molar refractivity (Wildman–Crippen MR) is 135 cm³/mol. The van der Waals surface area contributed by atoms with Gasteiger partial charge in [-0.15, -0.1) is 0 Å². The number of amides is 1. The van der Waals surface area contributed by atoms with Crippen LogP contribution in [0.4, 0.5) is 4.39 Å². The molecule has 0 aliphatic carbocycles. The number of carbonyl (C=O) groups excluding carboxylic acids is 1. The van der Waals surface area contributed by atoms with Crippen LogP contribution in [0.5, 0.6) is 0 Å². The average molecular weight is 488 g/mol. The van der Waals surface area contributed by atoms with Crippen LogP contribution in [0.25, 0.3) is 22.2 Å². The molecule has 1 amide bonds. The van der Waals surface area contributed by atoms with E-state index in [1.165, 1.54) is 12.1 Å². The van der Waals surface area contributed by atoms with Crippen LogP contribution >= 0.6 is 0 Å². The molecule has 1 N–H and O–H groups in total. The Morgan fingerprint density at radius 3 is 2.72 bits per heavy atom. The van der Waals surface area contributed by atoms with E-state index < -0.39 is 0 Å². The van der Waals surface area contributed by atoms with Crippen molar-refractivity contribution in [1.82, 2.24) is 25.2 Å². The molecule has 0 radical (unpaired) electrons. The molecule has 7 nitrogen and oxygen atoms in total. The number of benzene rings is 2. The second kappa shape index (κ2) is 9.85. The molecule has 2 aromatic carbocycles. The first kappa shape index (κ1) is 22.9. The zero-order chi connectivity index (χ0) is 24.5. The SMILES string of the molecule is O=C(c1cc(-c2ccccc2)n[nH]1)N1CCCC1CCN1CCC(c2noc3cc(F)ccc23)CC1. The monoisotopic (exact) mass is 487 g/mol. The van der Waals surface area contributed by atoms with Gasteiger partial charge in [-0.2, -0.15) is 5.10 Å². The van der Waals surface area contributed by atoms with Gasteiger partial charge in [0, 0.05) is 42.1 Å². The van der Waals surface area contributed by atoms with Crippen molar-refractivity contribution in [2.75, 3.05) is 26.2 Å². The van der Waals surface area contributed by atoms with Gasteiger partial charge in [0.1, 0.15) is 11.5 Å². The molecule has 8 heteroatoms. The molecule has 0 bridgehead atoms. The molecule has 2 saturated heterocycles. The van der Waals surface area contributed by atoms with Crippen LogP contribution in [0.1, 0.15) is 54.2 Å². The molecule has 186 valence electrons. The van der Waals surface area contributed by atoms with Crippen molar-refractivity contribution in [3.8, 4) is 11.3 Å². The highest BCUT2D eigenvalue weighted by molar-refractivity contribution is 5.93. The quantitative estimate of drug-likeness (QED) is 0.403. The van der Waals surface area contributed by atoms with Crippen molar-refractivity contribution >= 4 is 16.9 Å². The van der Waals surface area contributed by atoms with Gasteiger partial charge in [0.05, 0.1) is 11.4 Å². The van der Waals surface area contributed by atoms with Gasteiger partial charge in [0.2, 0.25) is 0 Å². The molecular formula is C28H30FN5O2. The van der Waals surface area contributed by atoms with E-state index in [-0.39, 0.29) is 17.8 Å². The molecule has 0 spiro atoms. The zero-order valence-electron chi connectivity index (χ0n) is 20.2. The van der Waals surface area contributed by atoms with E-state index >= 15 is 0 Å². The summed E-state index contributed by atoms with van der Waals surface area (Å²) in [6, 6.07) is 16.7. The van der Waals surface area contributed by atoms with E-state index in [9.17, 15) is 9.18 Å². The van der Waals surface area contributed by atoms with Crippen LogP contribution in [0.15, 0.2) is 59.1 Å². The number of hydrogen-bond acceptors (Lipinski definition) is 5. The van der Waals surface area contributed by atoms with Crippen LogP contribution in [-0.2, 0) is 0 Å². The van der Waals surface area contributed by atoms with Crippen LogP contribution < -0.4 is 0 Å². The molecule has 4 heterocycles. The summed E-state index contributed by atoms with van der Waals surface area (Å²) in [7, 11) is 0. The lowest BCUT2D eigenvalue weighted by Crippen LogP contribution is -2.40. The third kappa shape index (κ3) is 4.53. The Hall–Kier alpha value is -3.52. The molecule has 1 atom stereocenters. The Balaban J connectivity index is 1.03. The molecule has 2 fully saturated rings. The minimum atomic E-state index is -0.302. The first-order valence-corrected chi connectivity index (χ1v) is 12.8. The lowest BCUT2D eigenvalue weighted by molar-refractivity contribution is 0.0711. The third-order valence-electron chi connectivity index (χ3n) is 7.73. The summed E-state index contributed by atoms with van der Waals surface area (Å²) >= 11 is 0. The van der Waals surface area contributed by atoms with Crippen molar-refractivity contribution in [3.05, 3.63) is 71.8 Å². The number of piperidine rings is 1. The number of nitrogens with one attached hydrogen (secondary N) is 1.